The second-order valence-corrected chi connectivity index (χ2v) is 4.59. The Hall–Kier alpha value is -0.610. The van der Waals surface area contributed by atoms with E-state index in [-0.39, 0.29) is 6.42 Å². The maximum Gasteiger partial charge on any atom is 0.304 e. The summed E-state index contributed by atoms with van der Waals surface area (Å²) in [7, 11) is 0. The number of carboxylic acid groups (broad SMARTS) is 1. The minimum Gasteiger partial charge on any atom is -0.481 e. The van der Waals surface area contributed by atoms with Crippen LogP contribution in [-0.4, -0.2) is 48.2 Å². The van der Waals surface area contributed by atoms with E-state index in [1.54, 1.807) is 0 Å². The summed E-state index contributed by atoms with van der Waals surface area (Å²) in [6.07, 6.45) is 5.15. The standard InChI is InChI=1S/C12H24N2O2/c1-2-3-8-14-9-4-5-11(10-14)13-7-6-12(15)16/h11,13H,2-10H2,1H3,(H,15,16). The summed E-state index contributed by atoms with van der Waals surface area (Å²) in [5.74, 6) is -0.717. The molecular weight excluding hydrogens is 204 g/mol. The van der Waals surface area contributed by atoms with Crippen molar-refractivity contribution in [2.24, 2.45) is 0 Å². The molecule has 1 aliphatic rings. The summed E-state index contributed by atoms with van der Waals surface area (Å²) in [4.78, 5) is 12.9. The van der Waals surface area contributed by atoms with Crippen molar-refractivity contribution >= 4 is 5.97 Å². The number of carboxylic acids is 1. The summed E-state index contributed by atoms with van der Waals surface area (Å²) in [5, 5.41) is 11.9. The van der Waals surface area contributed by atoms with E-state index in [1.165, 1.54) is 38.8 Å². The number of likely N-dealkylation sites (tertiary alicyclic amines) is 1. The molecule has 4 nitrogen and oxygen atoms in total. The second kappa shape index (κ2) is 7.63. The van der Waals surface area contributed by atoms with Crippen LogP contribution in [0.25, 0.3) is 0 Å². The maximum absolute atomic E-state index is 10.4. The van der Waals surface area contributed by atoms with E-state index in [9.17, 15) is 4.79 Å². The first kappa shape index (κ1) is 13.5. The van der Waals surface area contributed by atoms with Gasteiger partial charge in [0.25, 0.3) is 0 Å². The van der Waals surface area contributed by atoms with E-state index in [0.717, 1.165) is 6.54 Å². The highest BCUT2D eigenvalue weighted by molar-refractivity contribution is 5.66. The molecule has 0 bridgehead atoms. The number of nitrogens with zero attached hydrogens (tertiary/aromatic N) is 1. The highest BCUT2D eigenvalue weighted by Gasteiger charge is 2.18. The Morgan fingerprint density at radius 1 is 1.56 bits per heavy atom. The van der Waals surface area contributed by atoms with Crippen molar-refractivity contribution in [2.45, 2.75) is 45.1 Å². The van der Waals surface area contributed by atoms with Crippen LogP contribution in [0.3, 0.4) is 0 Å². The molecule has 0 spiro atoms. The van der Waals surface area contributed by atoms with Crippen molar-refractivity contribution in [3.8, 4) is 0 Å². The zero-order valence-corrected chi connectivity index (χ0v) is 10.2. The van der Waals surface area contributed by atoms with Gasteiger partial charge in [-0.15, -0.1) is 0 Å². The Bertz CT molecular complexity index is 209. The number of hydrogen-bond acceptors (Lipinski definition) is 3. The Balaban J connectivity index is 2.14. The Morgan fingerprint density at radius 2 is 2.38 bits per heavy atom. The summed E-state index contributed by atoms with van der Waals surface area (Å²) < 4.78 is 0. The molecule has 1 fully saturated rings. The number of unbranched alkanes of at least 4 members (excludes halogenated alkanes) is 1. The molecule has 0 aromatic carbocycles. The van der Waals surface area contributed by atoms with Gasteiger partial charge in [-0.3, -0.25) is 4.79 Å². The predicted molar refractivity (Wildman–Crippen MR) is 64.6 cm³/mol. The fraction of sp³-hybridized carbons (Fsp3) is 0.917. The molecule has 1 aliphatic heterocycles. The van der Waals surface area contributed by atoms with E-state index in [2.05, 4.69) is 17.1 Å². The minimum atomic E-state index is -0.717. The van der Waals surface area contributed by atoms with Crippen LogP contribution in [0.4, 0.5) is 0 Å². The molecule has 1 rings (SSSR count). The lowest BCUT2D eigenvalue weighted by Crippen LogP contribution is -2.46. The predicted octanol–water partition coefficient (Wildman–Crippen LogP) is 1.32. The van der Waals surface area contributed by atoms with Gasteiger partial charge in [0, 0.05) is 19.1 Å². The molecule has 0 aromatic heterocycles. The van der Waals surface area contributed by atoms with Gasteiger partial charge >= 0.3 is 5.97 Å². The van der Waals surface area contributed by atoms with Gasteiger partial charge in [0.2, 0.25) is 0 Å². The monoisotopic (exact) mass is 228 g/mol. The number of piperidine rings is 1. The van der Waals surface area contributed by atoms with Crippen molar-refractivity contribution in [1.82, 2.24) is 10.2 Å². The van der Waals surface area contributed by atoms with Crippen LogP contribution in [-0.2, 0) is 4.79 Å². The van der Waals surface area contributed by atoms with Gasteiger partial charge in [-0.2, -0.15) is 0 Å². The van der Waals surface area contributed by atoms with Crippen LogP contribution in [0.15, 0.2) is 0 Å². The number of aliphatic carboxylic acids is 1. The average Bonchev–Trinajstić information content (AvgIpc) is 2.26. The fourth-order valence-electron chi connectivity index (χ4n) is 2.19. The van der Waals surface area contributed by atoms with E-state index in [1.807, 2.05) is 0 Å². The Morgan fingerprint density at radius 3 is 3.06 bits per heavy atom. The van der Waals surface area contributed by atoms with Gasteiger partial charge in [0.1, 0.15) is 0 Å². The quantitative estimate of drug-likeness (QED) is 0.690. The van der Waals surface area contributed by atoms with Crippen molar-refractivity contribution < 1.29 is 9.90 Å². The zero-order chi connectivity index (χ0) is 11.8. The molecule has 2 N–H and O–H groups in total. The lowest BCUT2D eigenvalue weighted by molar-refractivity contribution is -0.136. The summed E-state index contributed by atoms with van der Waals surface area (Å²) in [6.45, 7) is 6.29. The number of hydrogen-bond donors (Lipinski definition) is 2. The van der Waals surface area contributed by atoms with Crippen molar-refractivity contribution in [1.29, 1.82) is 0 Å². The zero-order valence-electron chi connectivity index (χ0n) is 10.2. The van der Waals surface area contributed by atoms with Crippen LogP contribution in [0.5, 0.6) is 0 Å². The molecule has 1 unspecified atom stereocenters. The molecule has 0 saturated carbocycles. The largest absolute Gasteiger partial charge is 0.481 e. The number of nitrogens with one attached hydrogen (secondary N) is 1. The highest BCUT2D eigenvalue weighted by Crippen LogP contribution is 2.10. The minimum absolute atomic E-state index is 0.228. The summed E-state index contributed by atoms with van der Waals surface area (Å²) in [5.41, 5.74) is 0. The van der Waals surface area contributed by atoms with Gasteiger partial charge in [-0.1, -0.05) is 13.3 Å². The van der Waals surface area contributed by atoms with Gasteiger partial charge in [0.15, 0.2) is 0 Å². The average molecular weight is 228 g/mol. The molecule has 0 aliphatic carbocycles. The lowest BCUT2D eigenvalue weighted by Gasteiger charge is -2.33. The third-order valence-electron chi connectivity index (χ3n) is 3.11. The van der Waals surface area contributed by atoms with Crippen LogP contribution in [0.1, 0.15) is 39.0 Å². The molecule has 0 amide bonds. The Kier molecular flexibility index (Phi) is 6.42. The van der Waals surface area contributed by atoms with E-state index >= 15 is 0 Å². The maximum atomic E-state index is 10.4. The third-order valence-corrected chi connectivity index (χ3v) is 3.11. The van der Waals surface area contributed by atoms with Gasteiger partial charge < -0.3 is 15.3 Å². The van der Waals surface area contributed by atoms with Crippen LogP contribution in [0, 0.1) is 0 Å². The Labute approximate surface area is 98.0 Å². The van der Waals surface area contributed by atoms with Crippen LogP contribution >= 0.6 is 0 Å². The smallest absolute Gasteiger partial charge is 0.304 e. The van der Waals surface area contributed by atoms with Crippen LogP contribution in [0.2, 0.25) is 0 Å². The molecule has 16 heavy (non-hydrogen) atoms. The first-order chi connectivity index (χ1) is 7.72. The first-order valence-electron chi connectivity index (χ1n) is 6.40. The molecule has 1 atom stereocenters. The summed E-state index contributed by atoms with van der Waals surface area (Å²) in [6, 6.07) is 0.491. The molecular formula is C12H24N2O2. The number of carbonyl (C=O) groups is 1. The van der Waals surface area contributed by atoms with Crippen molar-refractivity contribution in [3.05, 3.63) is 0 Å². The topological polar surface area (TPSA) is 52.6 Å². The molecule has 1 saturated heterocycles. The molecule has 4 heteroatoms. The van der Waals surface area contributed by atoms with Gasteiger partial charge in [-0.25, -0.2) is 0 Å². The van der Waals surface area contributed by atoms with Gasteiger partial charge in [0.05, 0.1) is 6.42 Å². The van der Waals surface area contributed by atoms with Crippen molar-refractivity contribution in [2.75, 3.05) is 26.2 Å². The highest BCUT2D eigenvalue weighted by atomic mass is 16.4. The number of rotatable bonds is 7. The summed E-state index contributed by atoms with van der Waals surface area (Å²) >= 11 is 0. The van der Waals surface area contributed by atoms with E-state index in [4.69, 9.17) is 5.11 Å². The third kappa shape index (κ3) is 5.47. The molecule has 0 radical (unpaired) electrons. The van der Waals surface area contributed by atoms with E-state index < -0.39 is 5.97 Å². The molecule has 94 valence electrons. The second-order valence-electron chi connectivity index (χ2n) is 4.59. The first-order valence-corrected chi connectivity index (χ1v) is 6.40. The van der Waals surface area contributed by atoms with Crippen molar-refractivity contribution in [3.63, 3.8) is 0 Å². The molecule has 1 heterocycles. The lowest BCUT2D eigenvalue weighted by atomic mass is 10.1. The van der Waals surface area contributed by atoms with Gasteiger partial charge in [-0.05, 0) is 32.4 Å². The normalized spacial score (nSPS) is 22.2. The molecule has 0 aromatic rings. The van der Waals surface area contributed by atoms with E-state index in [0.29, 0.717) is 12.6 Å². The van der Waals surface area contributed by atoms with Crippen LogP contribution < -0.4 is 5.32 Å². The fourth-order valence-corrected chi connectivity index (χ4v) is 2.19. The SMILES string of the molecule is CCCCN1CCCC(NCCC(=O)O)C1.